The van der Waals surface area contributed by atoms with Gasteiger partial charge in [-0.1, -0.05) is 0 Å². The number of carbonyl (C=O) groups is 1. The van der Waals surface area contributed by atoms with Gasteiger partial charge in [-0.25, -0.2) is 4.98 Å². The molecule has 6 nitrogen and oxygen atoms in total. The second kappa shape index (κ2) is 4.73. The molecule has 0 saturated carbocycles. The zero-order chi connectivity index (χ0) is 10.6. The summed E-state index contributed by atoms with van der Waals surface area (Å²) in [4.78, 5) is 14.4. The summed E-state index contributed by atoms with van der Waals surface area (Å²) >= 11 is 0. The number of hydrogen-bond acceptors (Lipinski definition) is 4. The van der Waals surface area contributed by atoms with Crippen molar-refractivity contribution in [3.8, 4) is 0 Å². The van der Waals surface area contributed by atoms with Crippen molar-refractivity contribution in [1.29, 1.82) is 0 Å². The maximum absolute atomic E-state index is 10.4. The van der Waals surface area contributed by atoms with Gasteiger partial charge in [0.25, 0.3) is 0 Å². The molecule has 1 heterocycles. The number of aromatic nitrogens is 2. The molecule has 1 unspecified atom stereocenters. The largest absolute Gasteiger partial charge is 0.480 e. The summed E-state index contributed by atoms with van der Waals surface area (Å²) in [6.07, 6.45) is 3.52. The first kappa shape index (κ1) is 10.7. The summed E-state index contributed by atoms with van der Waals surface area (Å²) in [7, 11) is 1.88. The Balaban J connectivity index is 2.29. The van der Waals surface area contributed by atoms with Gasteiger partial charge >= 0.3 is 5.97 Å². The second-order valence-corrected chi connectivity index (χ2v) is 3.03. The Morgan fingerprint density at radius 1 is 1.86 bits per heavy atom. The lowest BCUT2D eigenvalue weighted by Crippen LogP contribution is -2.40. The van der Waals surface area contributed by atoms with Crippen molar-refractivity contribution < 1.29 is 9.90 Å². The van der Waals surface area contributed by atoms with Gasteiger partial charge in [-0.15, -0.1) is 0 Å². The SMILES string of the molecule is Cn1ccnc1CNCC(N)C(=O)O. The Labute approximate surface area is 81.7 Å². The van der Waals surface area contributed by atoms with Gasteiger partial charge in [-0.05, 0) is 0 Å². The van der Waals surface area contributed by atoms with Crippen molar-refractivity contribution in [2.24, 2.45) is 12.8 Å². The molecule has 4 N–H and O–H groups in total. The van der Waals surface area contributed by atoms with Crippen LogP contribution in [0.25, 0.3) is 0 Å². The Morgan fingerprint density at radius 3 is 3.07 bits per heavy atom. The van der Waals surface area contributed by atoms with Gasteiger partial charge in [-0.3, -0.25) is 4.79 Å². The number of rotatable bonds is 5. The zero-order valence-corrected chi connectivity index (χ0v) is 7.97. The fourth-order valence-electron chi connectivity index (χ4n) is 0.994. The molecular weight excluding hydrogens is 184 g/mol. The minimum atomic E-state index is -1.00. The molecule has 0 spiro atoms. The van der Waals surface area contributed by atoms with Crippen molar-refractivity contribution >= 4 is 5.97 Å². The third-order valence-electron chi connectivity index (χ3n) is 1.89. The standard InChI is InChI=1S/C8H14N4O2/c1-12-3-2-11-7(12)5-10-4-6(9)8(13)14/h2-3,6,10H,4-5,9H2,1H3,(H,13,14). The normalized spacial score (nSPS) is 12.7. The molecule has 0 saturated heterocycles. The molecule has 0 bridgehead atoms. The molecule has 1 aromatic rings. The summed E-state index contributed by atoms with van der Waals surface area (Å²) in [5.41, 5.74) is 5.30. The van der Waals surface area contributed by atoms with Crippen LogP contribution in [0, 0.1) is 0 Å². The van der Waals surface area contributed by atoms with Gasteiger partial charge in [0.2, 0.25) is 0 Å². The summed E-state index contributed by atoms with van der Waals surface area (Å²) < 4.78 is 1.86. The summed E-state index contributed by atoms with van der Waals surface area (Å²) in [6, 6.07) is -0.865. The van der Waals surface area contributed by atoms with Crippen LogP contribution >= 0.6 is 0 Å². The molecule has 0 aromatic carbocycles. The first-order chi connectivity index (χ1) is 6.61. The van der Waals surface area contributed by atoms with E-state index in [4.69, 9.17) is 10.8 Å². The van der Waals surface area contributed by atoms with E-state index < -0.39 is 12.0 Å². The molecule has 0 amide bonds. The molecule has 1 atom stereocenters. The molecule has 78 valence electrons. The quantitative estimate of drug-likeness (QED) is 0.559. The Bertz CT molecular complexity index is 310. The molecule has 0 aliphatic rings. The number of nitrogens with one attached hydrogen (secondary N) is 1. The van der Waals surface area contributed by atoms with Crippen LogP contribution < -0.4 is 11.1 Å². The van der Waals surface area contributed by atoms with Crippen LogP contribution in [0.5, 0.6) is 0 Å². The van der Waals surface area contributed by atoms with Gasteiger partial charge in [0.1, 0.15) is 11.9 Å². The third-order valence-corrected chi connectivity index (χ3v) is 1.89. The Hall–Kier alpha value is -1.40. The Morgan fingerprint density at radius 2 is 2.57 bits per heavy atom. The topological polar surface area (TPSA) is 93.2 Å². The van der Waals surface area contributed by atoms with Gasteiger partial charge in [0.15, 0.2) is 0 Å². The van der Waals surface area contributed by atoms with Crippen LogP contribution in [-0.2, 0) is 18.4 Å². The molecular formula is C8H14N4O2. The maximum Gasteiger partial charge on any atom is 0.321 e. The molecule has 1 rings (SSSR count). The zero-order valence-electron chi connectivity index (χ0n) is 7.97. The number of imidazole rings is 1. The van der Waals surface area contributed by atoms with Crippen LogP contribution in [0.1, 0.15) is 5.82 Å². The molecule has 14 heavy (non-hydrogen) atoms. The average molecular weight is 198 g/mol. The second-order valence-electron chi connectivity index (χ2n) is 3.03. The third kappa shape index (κ3) is 2.82. The van der Waals surface area contributed by atoms with E-state index in [-0.39, 0.29) is 6.54 Å². The predicted molar refractivity (Wildman–Crippen MR) is 50.5 cm³/mol. The van der Waals surface area contributed by atoms with Gasteiger partial charge in [0.05, 0.1) is 6.54 Å². The van der Waals surface area contributed by atoms with Crippen LogP contribution in [-0.4, -0.2) is 33.2 Å². The minimum Gasteiger partial charge on any atom is -0.480 e. The molecule has 0 aliphatic heterocycles. The molecule has 0 radical (unpaired) electrons. The van der Waals surface area contributed by atoms with E-state index in [0.717, 1.165) is 5.82 Å². The average Bonchev–Trinajstić information content (AvgIpc) is 2.51. The number of aliphatic carboxylic acids is 1. The van der Waals surface area contributed by atoms with E-state index >= 15 is 0 Å². The van der Waals surface area contributed by atoms with E-state index in [1.807, 2.05) is 17.8 Å². The van der Waals surface area contributed by atoms with Gasteiger partial charge in [0, 0.05) is 26.0 Å². The number of carboxylic acids is 1. The fraction of sp³-hybridized carbons (Fsp3) is 0.500. The van der Waals surface area contributed by atoms with E-state index in [0.29, 0.717) is 6.54 Å². The highest BCUT2D eigenvalue weighted by atomic mass is 16.4. The molecule has 0 fully saturated rings. The maximum atomic E-state index is 10.4. The van der Waals surface area contributed by atoms with Crippen LogP contribution in [0.2, 0.25) is 0 Å². The van der Waals surface area contributed by atoms with Crippen molar-refractivity contribution in [2.45, 2.75) is 12.6 Å². The van der Waals surface area contributed by atoms with Crippen molar-refractivity contribution in [2.75, 3.05) is 6.54 Å². The van der Waals surface area contributed by atoms with Gasteiger partial charge in [-0.2, -0.15) is 0 Å². The van der Waals surface area contributed by atoms with E-state index in [9.17, 15) is 4.79 Å². The number of carboxylic acid groups (broad SMARTS) is 1. The molecule has 6 heteroatoms. The highest BCUT2D eigenvalue weighted by Gasteiger charge is 2.10. The van der Waals surface area contributed by atoms with Crippen LogP contribution in [0.15, 0.2) is 12.4 Å². The smallest absolute Gasteiger partial charge is 0.321 e. The van der Waals surface area contributed by atoms with Crippen molar-refractivity contribution in [3.63, 3.8) is 0 Å². The first-order valence-electron chi connectivity index (χ1n) is 4.26. The van der Waals surface area contributed by atoms with E-state index in [1.165, 1.54) is 0 Å². The van der Waals surface area contributed by atoms with E-state index in [2.05, 4.69) is 10.3 Å². The Kier molecular flexibility index (Phi) is 3.61. The lowest BCUT2D eigenvalue weighted by atomic mass is 10.3. The summed E-state index contributed by atoms with van der Waals surface area (Å²) in [5.74, 6) is -0.153. The van der Waals surface area contributed by atoms with Crippen molar-refractivity contribution in [1.82, 2.24) is 14.9 Å². The summed E-state index contributed by atoms with van der Waals surface area (Å²) in [5, 5.41) is 11.4. The predicted octanol–water partition coefficient (Wildman–Crippen LogP) is -1.08. The molecule has 1 aromatic heterocycles. The van der Waals surface area contributed by atoms with Crippen LogP contribution in [0.4, 0.5) is 0 Å². The van der Waals surface area contributed by atoms with Crippen molar-refractivity contribution in [3.05, 3.63) is 18.2 Å². The van der Waals surface area contributed by atoms with Gasteiger partial charge < -0.3 is 20.7 Å². The minimum absolute atomic E-state index is 0.238. The number of nitrogens with two attached hydrogens (primary N) is 1. The number of nitrogens with zero attached hydrogens (tertiary/aromatic N) is 2. The first-order valence-corrected chi connectivity index (χ1v) is 4.26. The molecule has 0 aliphatic carbocycles. The highest BCUT2D eigenvalue weighted by molar-refractivity contribution is 5.73. The monoisotopic (exact) mass is 198 g/mol. The number of aryl methyl sites for hydroxylation is 1. The number of hydrogen-bond donors (Lipinski definition) is 3. The van der Waals surface area contributed by atoms with Crippen LogP contribution in [0.3, 0.4) is 0 Å². The highest BCUT2D eigenvalue weighted by Crippen LogP contribution is 1.92. The lowest BCUT2D eigenvalue weighted by molar-refractivity contribution is -0.138. The summed E-state index contributed by atoms with van der Waals surface area (Å²) in [6.45, 7) is 0.757. The lowest BCUT2D eigenvalue weighted by Gasteiger charge is -2.07. The fourth-order valence-corrected chi connectivity index (χ4v) is 0.994. The van der Waals surface area contributed by atoms with E-state index in [1.54, 1.807) is 6.20 Å².